The Morgan fingerprint density at radius 2 is 1.69 bits per heavy atom. The lowest BCUT2D eigenvalue weighted by molar-refractivity contribution is -0.135. The molecule has 0 aliphatic heterocycles. The van der Waals surface area contributed by atoms with Crippen molar-refractivity contribution in [3.63, 3.8) is 0 Å². The molecule has 0 aromatic heterocycles. The fourth-order valence-corrected chi connectivity index (χ4v) is 2.42. The van der Waals surface area contributed by atoms with Crippen molar-refractivity contribution in [2.75, 3.05) is 18.4 Å². The standard InChI is InChI=1S/C20H23N3O3/c1-15-7-6-10-18(11-15)22-19(25)12-21-20(26)14-23(16(2)24)13-17-8-4-3-5-9-17/h3-11H,12-14H2,1-2H3,(H,21,26)(H,22,25). The third kappa shape index (κ3) is 6.39. The summed E-state index contributed by atoms with van der Waals surface area (Å²) in [7, 11) is 0. The van der Waals surface area contributed by atoms with Gasteiger partial charge in [-0.3, -0.25) is 14.4 Å². The molecule has 0 aliphatic carbocycles. The van der Waals surface area contributed by atoms with Crippen molar-refractivity contribution in [2.45, 2.75) is 20.4 Å². The van der Waals surface area contributed by atoms with Gasteiger partial charge in [0.2, 0.25) is 17.7 Å². The van der Waals surface area contributed by atoms with E-state index in [1.807, 2.05) is 55.5 Å². The molecule has 0 atom stereocenters. The van der Waals surface area contributed by atoms with Gasteiger partial charge in [0.05, 0.1) is 13.1 Å². The van der Waals surface area contributed by atoms with Crippen LogP contribution in [0.3, 0.4) is 0 Å². The first-order valence-electron chi connectivity index (χ1n) is 8.36. The number of nitrogens with zero attached hydrogens (tertiary/aromatic N) is 1. The summed E-state index contributed by atoms with van der Waals surface area (Å²) >= 11 is 0. The largest absolute Gasteiger partial charge is 0.345 e. The minimum absolute atomic E-state index is 0.0953. The molecule has 0 spiro atoms. The molecule has 2 N–H and O–H groups in total. The van der Waals surface area contributed by atoms with E-state index >= 15 is 0 Å². The maximum atomic E-state index is 12.1. The molecule has 2 rings (SSSR count). The third-order valence-electron chi connectivity index (χ3n) is 3.74. The normalized spacial score (nSPS) is 10.1. The summed E-state index contributed by atoms with van der Waals surface area (Å²) in [5.74, 6) is -0.898. The number of benzene rings is 2. The van der Waals surface area contributed by atoms with Crippen molar-refractivity contribution in [3.8, 4) is 0 Å². The van der Waals surface area contributed by atoms with E-state index in [1.165, 1.54) is 11.8 Å². The molecule has 0 heterocycles. The van der Waals surface area contributed by atoms with Crippen LogP contribution in [0.2, 0.25) is 0 Å². The predicted molar refractivity (Wildman–Crippen MR) is 100 cm³/mol. The zero-order valence-electron chi connectivity index (χ0n) is 15.0. The van der Waals surface area contributed by atoms with Gasteiger partial charge in [-0.25, -0.2) is 0 Å². The first kappa shape index (κ1) is 19.2. The Morgan fingerprint density at radius 1 is 0.962 bits per heavy atom. The van der Waals surface area contributed by atoms with Crippen LogP contribution in [0.25, 0.3) is 0 Å². The van der Waals surface area contributed by atoms with Gasteiger partial charge in [-0.1, -0.05) is 42.5 Å². The van der Waals surface area contributed by atoms with Gasteiger partial charge in [-0.15, -0.1) is 0 Å². The molecule has 26 heavy (non-hydrogen) atoms. The van der Waals surface area contributed by atoms with Crippen molar-refractivity contribution in [1.29, 1.82) is 0 Å². The second kappa shape index (κ2) is 9.36. The lowest BCUT2D eigenvalue weighted by Gasteiger charge is -2.20. The van der Waals surface area contributed by atoms with E-state index in [0.29, 0.717) is 12.2 Å². The molecule has 2 aromatic carbocycles. The van der Waals surface area contributed by atoms with Gasteiger partial charge in [0.1, 0.15) is 0 Å². The number of nitrogens with one attached hydrogen (secondary N) is 2. The molecule has 6 heteroatoms. The van der Waals surface area contributed by atoms with E-state index in [9.17, 15) is 14.4 Å². The number of aryl methyl sites for hydroxylation is 1. The van der Waals surface area contributed by atoms with E-state index in [1.54, 1.807) is 6.07 Å². The Hall–Kier alpha value is -3.15. The zero-order valence-corrected chi connectivity index (χ0v) is 15.0. The fraction of sp³-hybridized carbons (Fsp3) is 0.250. The second-order valence-electron chi connectivity index (χ2n) is 6.06. The van der Waals surface area contributed by atoms with Gasteiger partial charge >= 0.3 is 0 Å². The van der Waals surface area contributed by atoms with Crippen LogP contribution < -0.4 is 10.6 Å². The van der Waals surface area contributed by atoms with E-state index in [-0.39, 0.29) is 30.8 Å². The van der Waals surface area contributed by atoms with Gasteiger partial charge in [-0.05, 0) is 30.2 Å². The number of carbonyl (C=O) groups excluding carboxylic acids is 3. The van der Waals surface area contributed by atoms with E-state index in [2.05, 4.69) is 10.6 Å². The second-order valence-corrected chi connectivity index (χ2v) is 6.06. The SMILES string of the molecule is CC(=O)N(CC(=O)NCC(=O)Nc1cccc(C)c1)Cc1ccccc1. The number of amides is 3. The highest BCUT2D eigenvalue weighted by atomic mass is 16.2. The van der Waals surface area contributed by atoms with Crippen LogP contribution in [0.1, 0.15) is 18.1 Å². The minimum atomic E-state index is -0.379. The average Bonchev–Trinajstić information content (AvgIpc) is 2.60. The number of hydrogen-bond acceptors (Lipinski definition) is 3. The van der Waals surface area contributed by atoms with Crippen molar-refractivity contribution >= 4 is 23.4 Å². The van der Waals surface area contributed by atoms with Crippen LogP contribution in [-0.4, -0.2) is 35.7 Å². The molecule has 136 valence electrons. The van der Waals surface area contributed by atoms with Gasteiger partial charge < -0.3 is 15.5 Å². The number of hydrogen-bond donors (Lipinski definition) is 2. The summed E-state index contributed by atoms with van der Waals surface area (Å²) in [4.78, 5) is 37.2. The molecule has 0 unspecified atom stereocenters. The Morgan fingerprint density at radius 3 is 2.35 bits per heavy atom. The van der Waals surface area contributed by atoms with E-state index in [4.69, 9.17) is 0 Å². The van der Waals surface area contributed by atoms with Crippen LogP contribution in [0.5, 0.6) is 0 Å². The molecule has 3 amide bonds. The topological polar surface area (TPSA) is 78.5 Å². The smallest absolute Gasteiger partial charge is 0.243 e. The quantitative estimate of drug-likeness (QED) is 0.800. The summed E-state index contributed by atoms with van der Waals surface area (Å²) in [5, 5.41) is 5.26. The predicted octanol–water partition coefficient (Wildman–Crippen LogP) is 2.10. The van der Waals surface area contributed by atoms with E-state index < -0.39 is 0 Å². The molecule has 0 fully saturated rings. The first-order valence-corrected chi connectivity index (χ1v) is 8.36. The Bertz CT molecular complexity index is 775. The van der Waals surface area contributed by atoms with Gasteiger partial charge in [0, 0.05) is 19.2 Å². The lowest BCUT2D eigenvalue weighted by Crippen LogP contribution is -2.41. The van der Waals surface area contributed by atoms with Crippen LogP contribution in [0.4, 0.5) is 5.69 Å². The third-order valence-corrected chi connectivity index (χ3v) is 3.74. The summed E-state index contributed by atoms with van der Waals surface area (Å²) in [6.07, 6.45) is 0. The Labute approximate surface area is 153 Å². The fourth-order valence-electron chi connectivity index (χ4n) is 2.42. The monoisotopic (exact) mass is 353 g/mol. The van der Waals surface area contributed by atoms with E-state index in [0.717, 1.165) is 11.1 Å². The molecule has 6 nitrogen and oxygen atoms in total. The zero-order chi connectivity index (χ0) is 18.9. The molecule has 2 aromatic rings. The molecular formula is C20H23N3O3. The molecule has 0 aliphatic rings. The highest BCUT2D eigenvalue weighted by Gasteiger charge is 2.14. The van der Waals surface area contributed by atoms with Gasteiger partial charge in [-0.2, -0.15) is 0 Å². The number of rotatable bonds is 7. The Kier molecular flexibility index (Phi) is 6.91. The van der Waals surface area contributed by atoms with Crippen LogP contribution in [0, 0.1) is 6.92 Å². The molecule has 0 saturated carbocycles. The van der Waals surface area contributed by atoms with Crippen molar-refractivity contribution < 1.29 is 14.4 Å². The first-order chi connectivity index (χ1) is 12.4. The van der Waals surface area contributed by atoms with Crippen LogP contribution in [-0.2, 0) is 20.9 Å². The maximum Gasteiger partial charge on any atom is 0.243 e. The lowest BCUT2D eigenvalue weighted by atomic mass is 10.2. The summed E-state index contributed by atoms with van der Waals surface area (Å²) in [5.41, 5.74) is 2.65. The van der Waals surface area contributed by atoms with Gasteiger partial charge in [0.15, 0.2) is 0 Å². The highest BCUT2D eigenvalue weighted by Crippen LogP contribution is 2.09. The summed E-state index contributed by atoms with van der Waals surface area (Å²) < 4.78 is 0. The van der Waals surface area contributed by atoms with Crippen molar-refractivity contribution in [3.05, 3.63) is 65.7 Å². The molecule has 0 bridgehead atoms. The summed E-state index contributed by atoms with van der Waals surface area (Å²) in [6.45, 7) is 3.45. The van der Waals surface area contributed by atoms with Crippen LogP contribution in [0.15, 0.2) is 54.6 Å². The maximum absolute atomic E-state index is 12.1. The van der Waals surface area contributed by atoms with Crippen LogP contribution >= 0.6 is 0 Å². The number of carbonyl (C=O) groups is 3. The molecule has 0 radical (unpaired) electrons. The van der Waals surface area contributed by atoms with Crippen molar-refractivity contribution in [1.82, 2.24) is 10.2 Å². The summed E-state index contributed by atoms with van der Waals surface area (Å²) in [6, 6.07) is 16.8. The minimum Gasteiger partial charge on any atom is -0.345 e. The van der Waals surface area contributed by atoms with Crippen molar-refractivity contribution in [2.24, 2.45) is 0 Å². The Balaban J connectivity index is 1.82. The number of anilines is 1. The molecular weight excluding hydrogens is 330 g/mol. The average molecular weight is 353 g/mol. The molecule has 0 saturated heterocycles. The van der Waals surface area contributed by atoms with Gasteiger partial charge in [0.25, 0.3) is 0 Å². The highest BCUT2D eigenvalue weighted by molar-refractivity contribution is 5.95.